The van der Waals surface area contributed by atoms with Crippen LogP contribution >= 0.6 is 0 Å². The predicted octanol–water partition coefficient (Wildman–Crippen LogP) is 4.83. The summed E-state index contributed by atoms with van der Waals surface area (Å²) in [7, 11) is 1.75. The van der Waals surface area contributed by atoms with Crippen LogP contribution in [0.2, 0.25) is 0 Å². The smallest absolute Gasteiger partial charge is 0.326 e. The van der Waals surface area contributed by atoms with E-state index in [-0.39, 0.29) is 35.7 Å². The first-order chi connectivity index (χ1) is 15.8. The Morgan fingerprint density at radius 2 is 1.73 bits per heavy atom. The lowest BCUT2D eigenvalue weighted by Gasteiger charge is -2.45. The average Bonchev–Trinajstić information content (AvgIpc) is 2.94. The fraction of sp³-hybridized carbons (Fsp3) is 0.815. The Balaban J connectivity index is 1.40. The number of ketones is 1. The van der Waals surface area contributed by atoms with Crippen LogP contribution in [0.1, 0.15) is 96.8 Å². The number of imide groups is 1. The molecule has 33 heavy (non-hydrogen) atoms. The second-order valence-corrected chi connectivity index (χ2v) is 11.3. The van der Waals surface area contributed by atoms with Gasteiger partial charge in [-0.15, -0.1) is 0 Å². The molecule has 0 bridgehead atoms. The highest BCUT2D eigenvalue weighted by Gasteiger charge is 2.49. The minimum absolute atomic E-state index is 0.0254. The Morgan fingerprint density at radius 3 is 2.33 bits per heavy atom. The molecule has 6 nitrogen and oxygen atoms in total. The van der Waals surface area contributed by atoms with Crippen molar-refractivity contribution in [1.82, 2.24) is 15.1 Å². The molecule has 0 aromatic carbocycles. The highest BCUT2D eigenvalue weighted by atomic mass is 16.2. The van der Waals surface area contributed by atoms with Crippen LogP contribution in [0.3, 0.4) is 0 Å². The number of allylic oxidation sites excluding steroid dienone is 1. The van der Waals surface area contributed by atoms with Crippen molar-refractivity contribution < 1.29 is 14.4 Å². The molecule has 1 saturated carbocycles. The van der Waals surface area contributed by atoms with Crippen molar-refractivity contribution in [3.8, 4) is 0 Å². The molecule has 2 aliphatic heterocycles. The number of hydrogen-bond acceptors (Lipinski definition) is 4. The molecular weight excluding hydrogens is 414 g/mol. The number of piperidine rings is 1. The fourth-order valence-corrected chi connectivity index (χ4v) is 6.64. The molecule has 184 valence electrons. The van der Waals surface area contributed by atoms with Crippen LogP contribution in [0, 0.1) is 11.3 Å². The lowest BCUT2D eigenvalue weighted by atomic mass is 9.74. The van der Waals surface area contributed by atoms with Crippen LogP contribution in [0.4, 0.5) is 4.79 Å². The van der Waals surface area contributed by atoms with Gasteiger partial charge in [0.1, 0.15) is 0 Å². The average molecular weight is 458 g/mol. The van der Waals surface area contributed by atoms with E-state index in [0.29, 0.717) is 13.1 Å². The summed E-state index contributed by atoms with van der Waals surface area (Å²) < 4.78 is 0. The number of nitrogens with zero attached hydrogens (tertiary/aromatic N) is 2. The molecule has 0 aromatic rings. The molecule has 2 aliphatic carbocycles. The van der Waals surface area contributed by atoms with Gasteiger partial charge < -0.3 is 10.2 Å². The van der Waals surface area contributed by atoms with Crippen LogP contribution in [0.15, 0.2) is 11.6 Å². The van der Waals surface area contributed by atoms with Crippen LogP contribution in [-0.4, -0.2) is 59.7 Å². The van der Waals surface area contributed by atoms with E-state index in [9.17, 15) is 14.4 Å². The molecule has 4 rings (SSSR count). The van der Waals surface area contributed by atoms with E-state index in [1.807, 2.05) is 6.92 Å². The zero-order chi connectivity index (χ0) is 23.5. The Hall–Kier alpha value is -1.69. The maximum absolute atomic E-state index is 13.5. The van der Waals surface area contributed by atoms with Gasteiger partial charge in [0.15, 0.2) is 5.78 Å². The largest absolute Gasteiger partial charge is 0.326 e. The fourth-order valence-electron chi connectivity index (χ4n) is 6.64. The number of Topliss-reactive ketones (excluding diaryl/α,β-unsaturated/α-hetero) is 1. The van der Waals surface area contributed by atoms with Gasteiger partial charge in [0.25, 0.3) is 0 Å². The van der Waals surface area contributed by atoms with E-state index >= 15 is 0 Å². The maximum atomic E-state index is 13.5. The number of amides is 3. The zero-order valence-corrected chi connectivity index (χ0v) is 20.8. The van der Waals surface area contributed by atoms with Gasteiger partial charge in [-0.25, -0.2) is 4.79 Å². The van der Waals surface area contributed by atoms with Gasteiger partial charge >= 0.3 is 6.03 Å². The van der Waals surface area contributed by atoms with Crippen molar-refractivity contribution in [1.29, 1.82) is 0 Å². The van der Waals surface area contributed by atoms with Crippen LogP contribution in [0.5, 0.6) is 0 Å². The monoisotopic (exact) mass is 457 g/mol. The van der Waals surface area contributed by atoms with Crippen molar-refractivity contribution >= 4 is 17.7 Å². The summed E-state index contributed by atoms with van der Waals surface area (Å²) in [6.45, 7) is 2.93. The Morgan fingerprint density at radius 1 is 1.03 bits per heavy atom. The molecule has 2 atom stereocenters. The SMILES string of the molecule is CN1CC(C)(C2=CCCCC2)C(=O)N(CC(=O)C2CCC3(CCCCCCCC3)NC2)C1=O. The van der Waals surface area contributed by atoms with Crippen LogP contribution < -0.4 is 5.32 Å². The highest BCUT2D eigenvalue weighted by Crippen LogP contribution is 2.40. The third-order valence-electron chi connectivity index (χ3n) is 8.85. The number of hydrogen-bond donors (Lipinski definition) is 1. The molecule has 3 amide bonds. The van der Waals surface area contributed by atoms with Gasteiger partial charge in [0.2, 0.25) is 5.91 Å². The van der Waals surface area contributed by atoms with Gasteiger partial charge in [-0.05, 0) is 58.3 Å². The van der Waals surface area contributed by atoms with E-state index in [1.165, 1.54) is 56.3 Å². The molecular formula is C27H43N3O3. The standard InChI is InChI=1S/C27H43N3O3/c1-26(22-12-8-7-9-13-22)20-29(2)25(33)30(24(26)32)19-23(31)21-14-17-27(28-18-21)15-10-5-3-4-6-11-16-27/h12,21,28H,3-11,13-20H2,1-2H3. The van der Waals surface area contributed by atoms with Crippen molar-refractivity contribution in [3.63, 3.8) is 0 Å². The van der Waals surface area contributed by atoms with Crippen molar-refractivity contribution in [2.45, 2.75) is 102 Å². The van der Waals surface area contributed by atoms with Gasteiger partial charge in [-0.1, -0.05) is 50.2 Å². The summed E-state index contributed by atoms with van der Waals surface area (Å²) in [5, 5.41) is 3.77. The van der Waals surface area contributed by atoms with Gasteiger partial charge in [-0.2, -0.15) is 0 Å². The quantitative estimate of drug-likeness (QED) is 0.614. The molecule has 1 N–H and O–H groups in total. The van der Waals surface area contributed by atoms with Gasteiger partial charge in [-0.3, -0.25) is 14.5 Å². The summed E-state index contributed by atoms with van der Waals surface area (Å²) in [6, 6.07) is -0.334. The molecule has 0 radical (unpaired) electrons. The first-order valence-corrected chi connectivity index (χ1v) is 13.4. The summed E-state index contributed by atoms with van der Waals surface area (Å²) >= 11 is 0. The topological polar surface area (TPSA) is 69.7 Å². The number of carbonyl (C=O) groups excluding carboxylic acids is 3. The van der Waals surface area contributed by atoms with Crippen molar-refractivity contribution in [2.24, 2.45) is 11.3 Å². The molecule has 0 aromatic heterocycles. The van der Waals surface area contributed by atoms with Crippen molar-refractivity contribution in [3.05, 3.63) is 11.6 Å². The molecule has 6 heteroatoms. The predicted molar refractivity (Wildman–Crippen MR) is 130 cm³/mol. The van der Waals surface area contributed by atoms with Crippen molar-refractivity contribution in [2.75, 3.05) is 26.7 Å². The molecule has 1 spiro atoms. The number of rotatable bonds is 4. The number of urea groups is 1. The third-order valence-corrected chi connectivity index (χ3v) is 8.85. The van der Waals surface area contributed by atoms with Crippen LogP contribution in [-0.2, 0) is 9.59 Å². The molecule has 2 saturated heterocycles. The second kappa shape index (κ2) is 10.3. The van der Waals surface area contributed by atoms with E-state index in [0.717, 1.165) is 44.1 Å². The van der Waals surface area contributed by atoms with E-state index in [1.54, 1.807) is 11.9 Å². The summed E-state index contributed by atoms with van der Waals surface area (Å²) in [5.41, 5.74) is 0.608. The Kier molecular flexibility index (Phi) is 7.62. The first kappa shape index (κ1) is 24.4. The molecule has 4 aliphatic rings. The lowest BCUT2D eigenvalue weighted by Crippen LogP contribution is -2.62. The molecule has 2 unspecified atom stereocenters. The lowest BCUT2D eigenvalue weighted by molar-refractivity contribution is -0.143. The maximum Gasteiger partial charge on any atom is 0.326 e. The third kappa shape index (κ3) is 5.21. The first-order valence-electron chi connectivity index (χ1n) is 13.4. The van der Waals surface area contributed by atoms with Gasteiger partial charge in [0, 0.05) is 31.6 Å². The summed E-state index contributed by atoms with van der Waals surface area (Å²) in [4.78, 5) is 42.6. The Labute approximate surface area is 199 Å². The number of carbonyl (C=O) groups is 3. The minimum Gasteiger partial charge on any atom is -0.326 e. The summed E-state index contributed by atoms with van der Waals surface area (Å²) in [6.07, 6.45) is 18.5. The molecule has 2 heterocycles. The molecule has 3 fully saturated rings. The normalized spacial score (nSPS) is 31.6. The minimum atomic E-state index is -0.713. The number of nitrogens with one attached hydrogen (secondary N) is 1. The Bertz CT molecular complexity index is 771. The van der Waals surface area contributed by atoms with E-state index in [2.05, 4.69) is 11.4 Å². The van der Waals surface area contributed by atoms with E-state index in [4.69, 9.17) is 0 Å². The van der Waals surface area contributed by atoms with Gasteiger partial charge in [0.05, 0.1) is 12.0 Å². The summed E-state index contributed by atoms with van der Waals surface area (Å²) in [5.74, 6) is -0.280. The second-order valence-electron chi connectivity index (χ2n) is 11.3. The highest BCUT2D eigenvalue weighted by molar-refractivity contribution is 6.04. The van der Waals surface area contributed by atoms with Crippen LogP contribution in [0.25, 0.3) is 0 Å². The zero-order valence-electron chi connectivity index (χ0n) is 20.8. The van der Waals surface area contributed by atoms with E-state index < -0.39 is 5.41 Å².